The number of benzene rings is 1. The van der Waals surface area contributed by atoms with Gasteiger partial charge in [0.2, 0.25) is 5.88 Å². The Kier molecular flexibility index (Phi) is 5.28. The molecule has 1 aliphatic heterocycles. The summed E-state index contributed by atoms with van der Waals surface area (Å²) < 4.78 is 15.7. The highest BCUT2D eigenvalue weighted by molar-refractivity contribution is 5.93. The number of ether oxygens (including phenoxy) is 2. The van der Waals surface area contributed by atoms with Crippen LogP contribution in [0, 0.1) is 6.92 Å². The average molecular weight is 435 g/mol. The zero-order valence-corrected chi connectivity index (χ0v) is 18.4. The molecule has 1 unspecified atom stereocenters. The van der Waals surface area contributed by atoms with Crippen molar-refractivity contribution in [2.24, 2.45) is 7.05 Å². The van der Waals surface area contributed by atoms with E-state index < -0.39 is 0 Å². The molecule has 5 rings (SSSR count). The summed E-state index contributed by atoms with van der Waals surface area (Å²) in [5.74, 6) is 0.514. The predicted molar refractivity (Wildman–Crippen MR) is 121 cm³/mol. The Hall–Kier alpha value is -3.43. The number of aliphatic hydroxyl groups excluding tert-OH is 1. The Morgan fingerprint density at radius 1 is 1.25 bits per heavy atom. The molecule has 3 aromatic heterocycles. The van der Waals surface area contributed by atoms with Gasteiger partial charge in [-0.2, -0.15) is 10.2 Å². The molecule has 2 bridgehead atoms. The molecule has 1 aromatic carbocycles. The summed E-state index contributed by atoms with van der Waals surface area (Å²) in [5.41, 5.74) is 6.66. The molecule has 1 aliphatic rings. The highest BCUT2D eigenvalue weighted by Crippen LogP contribution is 2.33. The first kappa shape index (κ1) is 20.5. The van der Waals surface area contributed by atoms with E-state index in [9.17, 15) is 5.11 Å². The van der Waals surface area contributed by atoms with Crippen LogP contribution in [-0.2, 0) is 18.3 Å². The van der Waals surface area contributed by atoms with Crippen LogP contribution in [-0.4, -0.2) is 54.7 Å². The second-order valence-corrected chi connectivity index (χ2v) is 7.88. The van der Waals surface area contributed by atoms with Crippen LogP contribution in [0.2, 0.25) is 0 Å². The fraction of sp³-hybridized carbons (Fsp3) is 0.348. The average Bonchev–Trinajstić information content (AvgIpc) is 3.45. The third kappa shape index (κ3) is 3.49. The number of nitrogens with zero attached hydrogens (tertiary/aromatic N) is 5. The normalized spacial score (nSPS) is 17.4. The number of aryl methyl sites for hydroxylation is 1. The SMILES string of the molecule is Cc1c2c(nn1CCO)OCCOC(C)c1c(cnn1C)-c1ccc3[nH]nc(c3c1)/C=C/2. The molecule has 32 heavy (non-hydrogen) atoms. The minimum absolute atomic E-state index is 0.00551. The van der Waals surface area contributed by atoms with E-state index in [1.165, 1.54) is 0 Å². The monoisotopic (exact) mass is 434 g/mol. The van der Waals surface area contributed by atoms with Gasteiger partial charge in [-0.1, -0.05) is 6.07 Å². The van der Waals surface area contributed by atoms with E-state index in [0.29, 0.717) is 25.6 Å². The molecule has 9 nitrogen and oxygen atoms in total. The molecule has 0 amide bonds. The van der Waals surface area contributed by atoms with Crippen molar-refractivity contribution in [1.29, 1.82) is 0 Å². The molecule has 2 N–H and O–H groups in total. The molecule has 1 atom stereocenters. The van der Waals surface area contributed by atoms with Gasteiger partial charge in [0.15, 0.2) is 0 Å². The topological polar surface area (TPSA) is 103 Å². The molecule has 0 aliphatic carbocycles. The van der Waals surface area contributed by atoms with Crippen molar-refractivity contribution in [1.82, 2.24) is 29.8 Å². The van der Waals surface area contributed by atoms with E-state index in [0.717, 1.165) is 44.7 Å². The van der Waals surface area contributed by atoms with Gasteiger partial charge in [0.1, 0.15) is 6.61 Å². The third-order valence-corrected chi connectivity index (χ3v) is 5.90. The zero-order valence-electron chi connectivity index (χ0n) is 18.4. The molecule has 166 valence electrons. The van der Waals surface area contributed by atoms with E-state index >= 15 is 0 Å². The first-order valence-electron chi connectivity index (χ1n) is 10.7. The van der Waals surface area contributed by atoms with Gasteiger partial charge in [-0.3, -0.25) is 14.5 Å². The molecule has 4 heterocycles. The summed E-state index contributed by atoms with van der Waals surface area (Å²) in [4.78, 5) is 0. The Morgan fingerprint density at radius 3 is 2.97 bits per heavy atom. The van der Waals surface area contributed by atoms with Crippen molar-refractivity contribution >= 4 is 23.1 Å². The largest absolute Gasteiger partial charge is 0.474 e. The molecule has 9 heteroatoms. The van der Waals surface area contributed by atoms with E-state index in [-0.39, 0.29) is 12.7 Å². The van der Waals surface area contributed by atoms with Gasteiger partial charge >= 0.3 is 0 Å². The minimum Gasteiger partial charge on any atom is -0.474 e. The lowest BCUT2D eigenvalue weighted by atomic mass is 10.0. The van der Waals surface area contributed by atoms with Gasteiger partial charge in [0.05, 0.1) is 54.5 Å². The van der Waals surface area contributed by atoms with E-state index in [1.54, 1.807) is 4.68 Å². The Balaban J connectivity index is 1.65. The van der Waals surface area contributed by atoms with Crippen LogP contribution in [0.5, 0.6) is 5.88 Å². The van der Waals surface area contributed by atoms with Crippen LogP contribution < -0.4 is 4.74 Å². The summed E-state index contributed by atoms with van der Waals surface area (Å²) in [6.45, 7) is 5.16. The van der Waals surface area contributed by atoms with Crippen LogP contribution in [0.4, 0.5) is 0 Å². The summed E-state index contributed by atoms with van der Waals surface area (Å²) in [6, 6.07) is 6.24. The second-order valence-electron chi connectivity index (χ2n) is 7.88. The standard InChI is InChI=1S/C23H26N6O3/c1-14-17-5-7-21-18-12-16(4-6-20(18)25-26-21)19-13-24-28(3)22(19)15(2)31-10-11-32-23(17)27-29(14)8-9-30/h4-7,12-13,15,30H,8-11H2,1-3H3,(H,25,26)/b7-5+. The molecule has 0 saturated carbocycles. The summed E-state index contributed by atoms with van der Waals surface area (Å²) in [5, 5.41) is 27.0. The van der Waals surface area contributed by atoms with E-state index in [1.807, 2.05) is 50.0 Å². The van der Waals surface area contributed by atoms with Gasteiger partial charge in [0, 0.05) is 23.7 Å². The first-order chi connectivity index (χ1) is 15.6. The fourth-order valence-electron chi connectivity index (χ4n) is 4.23. The number of H-pyrrole nitrogens is 1. The van der Waals surface area contributed by atoms with Gasteiger partial charge in [-0.15, -0.1) is 5.10 Å². The minimum atomic E-state index is -0.169. The smallest absolute Gasteiger partial charge is 0.240 e. The van der Waals surface area contributed by atoms with Crippen molar-refractivity contribution in [2.75, 3.05) is 19.8 Å². The lowest BCUT2D eigenvalue weighted by molar-refractivity contribution is 0.0387. The van der Waals surface area contributed by atoms with E-state index in [2.05, 4.69) is 32.5 Å². The summed E-state index contributed by atoms with van der Waals surface area (Å²) in [7, 11) is 1.93. The van der Waals surface area contributed by atoms with Crippen molar-refractivity contribution in [3.8, 4) is 17.0 Å². The van der Waals surface area contributed by atoms with Gasteiger partial charge < -0.3 is 14.6 Å². The summed E-state index contributed by atoms with van der Waals surface area (Å²) in [6.07, 6.45) is 5.64. The van der Waals surface area contributed by atoms with Crippen molar-refractivity contribution in [3.63, 3.8) is 0 Å². The van der Waals surface area contributed by atoms with Gasteiger partial charge in [-0.05, 0) is 43.7 Å². The van der Waals surface area contributed by atoms with E-state index in [4.69, 9.17) is 9.47 Å². The number of aliphatic hydroxyl groups is 1. The molecule has 0 spiro atoms. The number of aromatic amines is 1. The molecular weight excluding hydrogens is 408 g/mol. The maximum atomic E-state index is 9.37. The highest BCUT2D eigenvalue weighted by atomic mass is 16.5. The molecule has 4 aromatic rings. The zero-order chi connectivity index (χ0) is 22.2. The number of hydrogen-bond donors (Lipinski definition) is 2. The third-order valence-electron chi connectivity index (χ3n) is 5.90. The van der Waals surface area contributed by atoms with Crippen LogP contribution >= 0.6 is 0 Å². The maximum Gasteiger partial charge on any atom is 0.240 e. The van der Waals surface area contributed by atoms with Crippen LogP contribution in [0.1, 0.15) is 35.7 Å². The van der Waals surface area contributed by atoms with Crippen LogP contribution in [0.15, 0.2) is 24.4 Å². The first-order valence-corrected chi connectivity index (χ1v) is 10.7. The Bertz CT molecular complexity index is 1300. The molecular formula is C23H26N6O3. The fourth-order valence-corrected chi connectivity index (χ4v) is 4.23. The predicted octanol–water partition coefficient (Wildman–Crippen LogP) is 3.10. The highest BCUT2D eigenvalue weighted by Gasteiger charge is 2.20. The maximum absolute atomic E-state index is 9.37. The molecule has 0 radical (unpaired) electrons. The number of rotatable bonds is 2. The van der Waals surface area contributed by atoms with Crippen molar-refractivity contribution in [2.45, 2.75) is 26.5 Å². The number of nitrogens with one attached hydrogen (secondary N) is 1. The summed E-state index contributed by atoms with van der Waals surface area (Å²) >= 11 is 0. The number of aromatic nitrogens is 6. The van der Waals surface area contributed by atoms with Crippen molar-refractivity contribution in [3.05, 3.63) is 47.0 Å². The van der Waals surface area contributed by atoms with Crippen LogP contribution in [0.25, 0.3) is 34.2 Å². The van der Waals surface area contributed by atoms with Gasteiger partial charge in [0.25, 0.3) is 0 Å². The lowest BCUT2D eigenvalue weighted by Crippen LogP contribution is -2.13. The molecule has 0 saturated heterocycles. The second kappa shape index (κ2) is 8.25. The van der Waals surface area contributed by atoms with Gasteiger partial charge in [-0.25, -0.2) is 0 Å². The van der Waals surface area contributed by atoms with Crippen molar-refractivity contribution < 1.29 is 14.6 Å². The Morgan fingerprint density at radius 2 is 2.12 bits per heavy atom. The molecule has 0 fully saturated rings. The number of fused-ring (bicyclic) bond motifs is 4. The lowest BCUT2D eigenvalue weighted by Gasteiger charge is -2.16. The quantitative estimate of drug-likeness (QED) is 0.503. The Labute approximate surface area is 185 Å². The number of hydrogen-bond acceptors (Lipinski definition) is 6. The van der Waals surface area contributed by atoms with Crippen LogP contribution in [0.3, 0.4) is 0 Å².